The number of nitrogens with zero attached hydrogens (tertiary/aromatic N) is 4. The first-order chi connectivity index (χ1) is 29.5. The second-order valence-corrected chi connectivity index (χ2v) is 21.3. The standard InChI is InChI=1S/C45H50ClF3N6O4S3/c1-54(2)25-21-35(30-60-36-12-5-3-6-13-36)52-40-20-19-37(27-42(40)61(56,57)45(47,48)49)62(58,59)53-43-39-22-26-55(29-41(39)50-31-51-43)44(23-9-4-10-24-44)28-33-11-7-8-14-38(33)32-15-17-34(46)18-16-32/h3,5-8,11-20,27,31,35,52H,4,9-10,21-26,28-30H2,1-2H3,(H,50,51,53). The Morgan fingerprint density at radius 3 is 2.32 bits per heavy atom. The molecule has 7 rings (SSSR count). The number of sulfonamides is 1. The van der Waals surface area contributed by atoms with E-state index in [2.05, 4.69) is 43.1 Å². The second kappa shape index (κ2) is 19.3. The number of nitrogens with one attached hydrogen (secondary N) is 2. The molecule has 1 saturated carbocycles. The largest absolute Gasteiger partial charge is 0.501 e. The Morgan fingerprint density at radius 2 is 1.61 bits per heavy atom. The van der Waals surface area contributed by atoms with E-state index >= 15 is 0 Å². The van der Waals surface area contributed by atoms with Gasteiger partial charge >= 0.3 is 5.51 Å². The van der Waals surface area contributed by atoms with Crippen LogP contribution in [0.25, 0.3) is 11.1 Å². The highest BCUT2D eigenvalue weighted by molar-refractivity contribution is 7.99. The van der Waals surface area contributed by atoms with Gasteiger partial charge in [0, 0.05) is 45.9 Å². The van der Waals surface area contributed by atoms with E-state index in [-0.39, 0.29) is 17.0 Å². The summed E-state index contributed by atoms with van der Waals surface area (Å²) >= 11 is 7.69. The third-order valence-corrected chi connectivity index (χ3v) is 16.0. The summed E-state index contributed by atoms with van der Waals surface area (Å²) in [4.78, 5) is 12.4. The van der Waals surface area contributed by atoms with Crippen LogP contribution < -0.4 is 10.0 Å². The van der Waals surface area contributed by atoms with Gasteiger partial charge in [0.05, 0.1) is 16.3 Å². The molecule has 5 aromatic rings. The third-order valence-electron chi connectivity index (χ3n) is 11.7. The SMILES string of the molecule is CN(C)CCC(CSc1ccccc1)Nc1ccc(S(=O)(=O)Nc2ncnc3c2CCN(C2(Cc4ccccc4-c4ccc(Cl)cc4)CCCCC2)C3)cc1S(=O)(=O)C(F)(F)F. The van der Waals surface area contributed by atoms with Crippen LogP contribution in [0.3, 0.4) is 0 Å². The zero-order chi connectivity index (χ0) is 44.1. The fourth-order valence-corrected chi connectivity index (χ4v) is 11.7. The molecule has 2 N–H and O–H groups in total. The summed E-state index contributed by atoms with van der Waals surface area (Å²) in [5, 5.41) is 3.68. The number of aromatic nitrogens is 2. The number of alkyl halides is 3. The molecule has 10 nitrogen and oxygen atoms in total. The molecule has 0 amide bonds. The van der Waals surface area contributed by atoms with Gasteiger partial charge < -0.3 is 10.2 Å². The highest BCUT2D eigenvalue weighted by Gasteiger charge is 2.49. The van der Waals surface area contributed by atoms with E-state index < -0.39 is 41.2 Å². The molecule has 0 bridgehead atoms. The molecule has 0 saturated heterocycles. The molecule has 2 aliphatic rings. The van der Waals surface area contributed by atoms with E-state index in [0.717, 1.165) is 66.7 Å². The number of benzene rings is 4. The van der Waals surface area contributed by atoms with Crippen LogP contribution in [0.4, 0.5) is 24.7 Å². The van der Waals surface area contributed by atoms with Crippen molar-refractivity contribution in [3.8, 4) is 11.1 Å². The summed E-state index contributed by atoms with van der Waals surface area (Å²) in [6.45, 7) is 1.61. The first-order valence-electron chi connectivity index (χ1n) is 20.5. The Hall–Kier alpha value is -4.19. The van der Waals surface area contributed by atoms with Gasteiger partial charge in [-0.2, -0.15) is 13.2 Å². The maximum absolute atomic E-state index is 14.2. The lowest BCUT2D eigenvalue weighted by Crippen LogP contribution is -2.53. The Bertz CT molecular complexity index is 2560. The van der Waals surface area contributed by atoms with Gasteiger partial charge in [-0.05, 0) is 112 Å². The van der Waals surface area contributed by atoms with Crippen LogP contribution in [0.5, 0.6) is 0 Å². The molecular weight excluding hydrogens is 877 g/mol. The van der Waals surface area contributed by atoms with E-state index in [9.17, 15) is 30.0 Å². The van der Waals surface area contributed by atoms with Gasteiger partial charge in [0.15, 0.2) is 0 Å². The van der Waals surface area contributed by atoms with Crippen LogP contribution in [-0.4, -0.2) is 86.6 Å². The smallest absolute Gasteiger partial charge is 0.380 e. The number of hydrogen-bond acceptors (Lipinski definition) is 10. The minimum Gasteiger partial charge on any atom is -0.380 e. The summed E-state index contributed by atoms with van der Waals surface area (Å²) in [5.41, 5.74) is -1.52. The van der Waals surface area contributed by atoms with E-state index in [0.29, 0.717) is 60.6 Å². The van der Waals surface area contributed by atoms with Crippen LogP contribution in [0.2, 0.25) is 5.02 Å². The average Bonchev–Trinajstić information content (AvgIpc) is 3.25. The van der Waals surface area contributed by atoms with Gasteiger partial charge in [-0.1, -0.05) is 85.5 Å². The molecular formula is C45H50ClF3N6O4S3. The minimum atomic E-state index is -6.00. The van der Waals surface area contributed by atoms with E-state index in [4.69, 9.17) is 11.6 Å². The number of thioether (sulfide) groups is 1. The van der Waals surface area contributed by atoms with Crippen LogP contribution in [0, 0.1) is 0 Å². The summed E-state index contributed by atoms with van der Waals surface area (Å²) in [5.74, 6) is 0.406. The van der Waals surface area contributed by atoms with Crippen LogP contribution in [0.15, 0.2) is 118 Å². The van der Waals surface area contributed by atoms with Gasteiger partial charge in [0.2, 0.25) is 0 Å². The minimum absolute atomic E-state index is 0.00421. The molecule has 0 spiro atoms. The summed E-state index contributed by atoms with van der Waals surface area (Å²) in [6, 6.07) is 28.0. The van der Waals surface area contributed by atoms with Crippen molar-refractivity contribution in [3.63, 3.8) is 0 Å². The van der Waals surface area contributed by atoms with Gasteiger partial charge in [0.25, 0.3) is 19.9 Å². The molecule has 1 aliphatic heterocycles. The van der Waals surface area contributed by atoms with Crippen molar-refractivity contribution in [1.29, 1.82) is 0 Å². The molecule has 62 heavy (non-hydrogen) atoms. The Balaban J connectivity index is 1.15. The quantitative estimate of drug-likeness (QED) is 0.0925. The lowest BCUT2D eigenvalue weighted by Gasteiger charge is -2.49. The first-order valence-corrected chi connectivity index (χ1v) is 24.9. The second-order valence-electron chi connectivity index (χ2n) is 16.2. The third kappa shape index (κ3) is 10.6. The zero-order valence-corrected chi connectivity index (χ0v) is 37.7. The highest BCUT2D eigenvalue weighted by atomic mass is 35.5. The van der Waals surface area contributed by atoms with E-state index in [1.54, 1.807) is 0 Å². The molecule has 2 heterocycles. The molecule has 1 aliphatic carbocycles. The number of hydrogen-bond donors (Lipinski definition) is 2. The van der Waals surface area contributed by atoms with Crippen molar-refractivity contribution in [2.75, 3.05) is 43.0 Å². The van der Waals surface area contributed by atoms with Gasteiger partial charge in [-0.15, -0.1) is 11.8 Å². The van der Waals surface area contributed by atoms with E-state index in [1.807, 2.05) is 79.7 Å². The lowest BCUT2D eigenvalue weighted by molar-refractivity contribution is -0.0435. The Kier molecular flexibility index (Phi) is 14.2. The lowest BCUT2D eigenvalue weighted by atomic mass is 9.74. The van der Waals surface area contributed by atoms with Gasteiger partial charge in [-0.25, -0.2) is 26.8 Å². The number of halogens is 4. The molecule has 1 atom stereocenters. The predicted molar refractivity (Wildman–Crippen MR) is 241 cm³/mol. The summed E-state index contributed by atoms with van der Waals surface area (Å²) in [6.07, 6.45) is 8.23. The van der Waals surface area contributed by atoms with Crippen molar-refractivity contribution in [3.05, 3.63) is 125 Å². The predicted octanol–water partition coefficient (Wildman–Crippen LogP) is 9.72. The molecule has 1 unspecified atom stereocenters. The molecule has 1 fully saturated rings. The van der Waals surface area contributed by atoms with Crippen LogP contribution >= 0.6 is 23.4 Å². The van der Waals surface area contributed by atoms with Crippen LogP contribution in [-0.2, 0) is 39.2 Å². The molecule has 4 aromatic carbocycles. The zero-order valence-electron chi connectivity index (χ0n) is 34.5. The molecule has 1 aromatic heterocycles. The highest BCUT2D eigenvalue weighted by Crippen LogP contribution is 2.42. The monoisotopic (exact) mass is 926 g/mol. The van der Waals surface area contributed by atoms with Gasteiger partial charge in [0.1, 0.15) is 17.0 Å². The topological polar surface area (TPSA) is 125 Å². The number of fused-ring (bicyclic) bond motifs is 1. The van der Waals surface area contributed by atoms with E-state index in [1.165, 1.54) is 23.7 Å². The van der Waals surface area contributed by atoms with Crippen molar-refractivity contribution < 1.29 is 30.0 Å². The normalized spacial score (nSPS) is 16.4. The summed E-state index contributed by atoms with van der Waals surface area (Å²) < 4.78 is 99.4. The first kappa shape index (κ1) is 45.8. The number of anilines is 2. The molecule has 330 valence electrons. The average molecular weight is 928 g/mol. The van der Waals surface area contributed by atoms with Crippen molar-refractivity contribution >= 4 is 54.7 Å². The fourth-order valence-electron chi connectivity index (χ4n) is 8.47. The van der Waals surface area contributed by atoms with Crippen molar-refractivity contribution in [1.82, 2.24) is 19.8 Å². The van der Waals surface area contributed by atoms with Gasteiger partial charge in [-0.3, -0.25) is 9.62 Å². The van der Waals surface area contributed by atoms with Crippen molar-refractivity contribution in [2.45, 2.75) is 89.7 Å². The number of rotatable bonds is 16. The van der Waals surface area contributed by atoms with Crippen LogP contribution in [0.1, 0.15) is 55.3 Å². The van der Waals surface area contributed by atoms with Crippen molar-refractivity contribution in [2.24, 2.45) is 0 Å². The fraction of sp³-hybridized carbons (Fsp3) is 0.378. The Labute approximate surface area is 371 Å². The maximum Gasteiger partial charge on any atom is 0.501 e. The Morgan fingerprint density at radius 1 is 0.903 bits per heavy atom. The molecule has 17 heteroatoms. The maximum atomic E-state index is 14.2. The number of sulfone groups is 1. The molecule has 0 radical (unpaired) electrons. The summed E-state index contributed by atoms with van der Waals surface area (Å²) in [7, 11) is -6.92.